The summed E-state index contributed by atoms with van der Waals surface area (Å²) in [7, 11) is 1.59. The molecule has 0 radical (unpaired) electrons. The minimum Gasteiger partial charge on any atom is -0.497 e. The number of carbonyl (C=O) groups excluding carboxylic acids is 2. The normalized spacial score (nSPS) is 14.8. The molecule has 1 fully saturated rings. The molecule has 130 valence electrons. The molecule has 0 aliphatic carbocycles. The van der Waals surface area contributed by atoms with Crippen LogP contribution in [0.1, 0.15) is 27.3 Å². The second-order valence-corrected chi connectivity index (χ2v) is 5.76. The Bertz CT molecular complexity index is 734. The molecule has 2 aromatic rings. The monoisotopic (exact) mass is 340 g/mol. The largest absolute Gasteiger partial charge is 0.497 e. The number of ether oxygens (including phenoxy) is 1. The van der Waals surface area contributed by atoms with Crippen LogP contribution >= 0.6 is 0 Å². The van der Waals surface area contributed by atoms with E-state index in [1.165, 1.54) is 18.6 Å². The van der Waals surface area contributed by atoms with Crippen molar-refractivity contribution in [1.82, 2.24) is 19.8 Å². The van der Waals surface area contributed by atoms with Gasteiger partial charge in [0.15, 0.2) is 0 Å². The van der Waals surface area contributed by atoms with E-state index >= 15 is 0 Å². The fraction of sp³-hybridized carbons (Fsp3) is 0.333. The van der Waals surface area contributed by atoms with Gasteiger partial charge >= 0.3 is 0 Å². The maximum absolute atomic E-state index is 12.7. The van der Waals surface area contributed by atoms with Crippen molar-refractivity contribution < 1.29 is 14.3 Å². The number of carbonyl (C=O) groups is 2. The average Bonchev–Trinajstić information content (AvgIpc) is 2.94. The standard InChI is InChI=1S/C18H20N4O3/c1-25-15-5-3-14(4-6-15)17(23)21-9-2-10-22(12-11-21)18(24)16-13-19-7-8-20-16/h3-8,13H,2,9-12H2,1H3. The molecule has 1 aromatic carbocycles. The minimum atomic E-state index is -0.146. The third kappa shape index (κ3) is 3.93. The van der Waals surface area contributed by atoms with Gasteiger partial charge < -0.3 is 14.5 Å². The zero-order valence-corrected chi connectivity index (χ0v) is 14.1. The van der Waals surface area contributed by atoms with Gasteiger partial charge in [-0.25, -0.2) is 4.98 Å². The van der Waals surface area contributed by atoms with Gasteiger partial charge in [0.1, 0.15) is 11.4 Å². The van der Waals surface area contributed by atoms with E-state index in [1.807, 2.05) is 0 Å². The zero-order valence-electron chi connectivity index (χ0n) is 14.1. The molecule has 0 bridgehead atoms. The van der Waals surface area contributed by atoms with Crippen molar-refractivity contribution in [3.05, 3.63) is 54.1 Å². The number of hydrogen-bond acceptors (Lipinski definition) is 5. The highest BCUT2D eigenvalue weighted by Gasteiger charge is 2.24. The van der Waals surface area contributed by atoms with E-state index in [-0.39, 0.29) is 11.8 Å². The number of aromatic nitrogens is 2. The summed E-state index contributed by atoms with van der Waals surface area (Å²) >= 11 is 0. The third-order valence-corrected chi connectivity index (χ3v) is 4.19. The first-order chi connectivity index (χ1) is 12.2. The van der Waals surface area contributed by atoms with Crippen LogP contribution in [0.15, 0.2) is 42.9 Å². The van der Waals surface area contributed by atoms with Crippen LogP contribution in [0.2, 0.25) is 0 Å². The quantitative estimate of drug-likeness (QED) is 0.846. The van der Waals surface area contributed by atoms with Crippen LogP contribution in [-0.4, -0.2) is 64.9 Å². The van der Waals surface area contributed by atoms with Gasteiger partial charge in [0.05, 0.1) is 13.3 Å². The summed E-state index contributed by atoms with van der Waals surface area (Å²) in [6.45, 7) is 2.20. The molecule has 0 atom stereocenters. The smallest absolute Gasteiger partial charge is 0.274 e. The highest BCUT2D eigenvalue weighted by molar-refractivity contribution is 5.95. The van der Waals surface area contributed by atoms with Gasteiger partial charge in [-0.05, 0) is 30.7 Å². The predicted molar refractivity (Wildman–Crippen MR) is 91.5 cm³/mol. The molecule has 0 saturated carbocycles. The predicted octanol–water partition coefficient (Wildman–Crippen LogP) is 1.47. The fourth-order valence-electron chi connectivity index (χ4n) is 2.81. The van der Waals surface area contributed by atoms with Crippen LogP contribution in [-0.2, 0) is 0 Å². The molecule has 1 aliphatic rings. The highest BCUT2D eigenvalue weighted by atomic mass is 16.5. The average molecular weight is 340 g/mol. The van der Waals surface area contributed by atoms with Crippen LogP contribution in [0.25, 0.3) is 0 Å². The molecule has 0 spiro atoms. The van der Waals surface area contributed by atoms with Crippen molar-refractivity contribution in [2.24, 2.45) is 0 Å². The molecule has 0 unspecified atom stereocenters. The summed E-state index contributed by atoms with van der Waals surface area (Å²) in [6.07, 6.45) is 5.24. The van der Waals surface area contributed by atoms with Gasteiger partial charge in [-0.15, -0.1) is 0 Å². The van der Waals surface area contributed by atoms with E-state index in [0.29, 0.717) is 43.2 Å². The molecular weight excluding hydrogens is 320 g/mol. The van der Waals surface area contributed by atoms with E-state index in [9.17, 15) is 9.59 Å². The number of hydrogen-bond donors (Lipinski definition) is 0. The first-order valence-corrected chi connectivity index (χ1v) is 8.17. The molecule has 25 heavy (non-hydrogen) atoms. The number of rotatable bonds is 3. The van der Waals surface area contributed by atoms with Gasteiger partial charge in [-0.2, -0.15) is 0 Å². The third-order valence-electron chi connectivity index (χ3n) is 4.19. The molecule has 0 N–H and O–H groups in total. The van der Waals surface area contributed by atoms with Gasteiger partial charge in [0.2, 0.25) is 0 Å². The van der Waals surface area contributed by atoms with E-state index in [4.69, 9.17) is 4.74 Å². The fourth-order valence-corrected chi connectivity index (χ4v) is 2.81. The van der Waals surface area contributed by atoms with Gasteiger partial charge in [0, 0.05) is 44.1 Å². The van der Waals surface area contributed by atoms with E-state index in [2.05, 4.69) is 9.97 Å². The molecule has 7 nitrogen and oxygen atoms in total. The number of methoxy groups -OCH3 is 1. The summed E-state index contributed by atoms with van der Waals surface area (Å²) in [5, 5.41) is 0. The highest BCUT2D eigenvalue weighted by Crippen LogP contribution is 2.15. The maximum Gasteiger partial charge on any atom is 0.274 e. The SMILES string of the molecule is COc1ccc(C(=O)N2CCCN(C(=O)c3cnccn3)CC2)cc1. The molecular formula is C18H20N4O3. The second kappa shape index (κ2) is 7.74. The van der Waals surface area contributed by atoms with Crippen molar-refractivity contribution in [2.45, 2.75) is 6.42 Å². The molecule has 2 amide bonds. The molecule has 1 saturated heterocycles. The van der Waals surface area contributed by atoms with Crippen molar-refractivity contribution >= 4 is 11.8 Å². The Morgan fingerprint density at radius 2 is 1.64 bits per heavy atom. The maximum atomic E-state index is 12.7. The van der Waals surface area contributed by atoms with E-state index in [0.717, 1.165) is 6.42 Å². The van der Waals surface area contributed by atoms with Crippen molar-refractivity contribution in [1.29, 1.82) is 0 Å². The Morgan fingerprint density at radius 3 is 2.24 bits per heavy atom. The zero-order chi connectivity index (χ0) is 17.6. The molecule has 1 aromatic heterocycles. The number of amides is 2. The molecule has 2 heterocycles. The Labute approximate surface area is 146 Å². The Balaban J connectivity index is 1.64. The summed E-state index contributed by atoms with van der Waals surface area (Å²) in [6, 6.07) is 7.06. The lowest BCUT2D eigenvalue weighted by Crippen LogP contribution is -2.37. The Morgan fingerprint density at radius 1 is 0.960 bits per heavy atom. The van der Waals surface area contributed by atoms with Crippen molar-refractivity contribution in [2.75, 3.05) is 33.3 Å². The first-order valence-electron chi connectivity index (χ1n) is 8.17. The van der Waals surface area contributed by atoms with E-state index < -0.39 is 0 Å². The Hall–Kier alpha value is -2.96. The van der Waals surface area contributed by atoms with Crippen LogP contribution < -0.4 is 4.74 Å². The van der Waals surface area contributed by atoms with Crippen LogP contribution in [0, 0.1) is 0 Å². The van der Waals surface area contributed by atoms with Gasteiger partial charge in [0.25, 0.3) is 11.8 Å². The van der Waals surface area contributed by atoms with Crippen LogP contribution in [0.3, 0.4) is 0 Å². The number of nitrogens with zero attached hydrogens (tertiary/aromatic N) is 4. The van der Waals surface area contributed by atoms with E-state index in [1.54, 1.807) is 41.2 Å². The minimum absolute atomic E-state index is 0.0311. The van der Waals surface area contributed by atoms with Crippen LogP contribution in [0.5, 0.6) is 5.75 Å². The summed E-state index contributed by atoms with van der Waals surface area (Å²) in [5.74, 6) is 0.538. The van der Waals surface area contributed by atoms with Crippen molar-refractivity contribution in [3.8, 4) is 5.75 Å². The lowest BCUT2D eigenvalue weighted by Gasteiger charge is -2.22. The molecule has 1 aliphatic heterocycles. The lowest BCUT2D eigenvalue weighted by atomic mass is 10.2. The molecule has 7 heteroatoms. The van der Waals surface area contributed by atoms with Crippen molar-refractivity contribution in [3.63, 3.8) is 0 Å². The Kier molecular flexibility index (Phi) is 5.23. The first kappa shape index (κ1) is 16.9. The topological polar surface area (TPSA) is 75.6 Å². The van der Waals surface area contributed by atoms with Gasteiger partial charge in [-0.3, -0.25) is 14.6 Å². The molecule has 3 rings (SSSR count). The summed E-state index contributed by atoms with van der Waals surface area (Å²) in [4.78, 5) is 36.6. The van der Waals surface area contributed by atoms with Gasteiger partial charge in [-0.1, -0.05) is 0 Å². The number of benzene rings is 1. The van der Waals surface area contributed by atoms with Crippen LogP contribution in [0.4, 0.5) is 0 Å². The summed E-state index contributed by atoms with van der Waals surface area (Å²) in [5.41, 5.74) is 0.951. The summed E-state index contributed by atoms with van der Waals surface area (Å²) < 4.78 is 5.12. The lowest BCUT2D eigenvalue weighted by molar-refractivity contribution is 0.0715. The second-order valence-electron chi connectivity index (χ2n) is 5.76.